The van der Waals surface area contributed by atoms with Gasteiger partial charge in [0.2, 0.25) is 11.8 Å². The van der Waals surface area contributed by atoms with Crippen molar-refractivity contribution in [1.82, 2.24) is 10.2 Å². The number of benzene rings is 2. The lowest BCUT2D eigenvalue weighted by atomic mass is 10.1. The first kappa shape index (κ1) is 23.0. The van der Waals surface area contributed by atoms with Crippen LogP contribution in [0.3, 0.4) is 0 Å². The summed E-state index contributed by atoms with van der Waals surface area (Å²) in [6.45, 7) is 10.1. The summed E-state index contributed by atoms with van der Waals surface area (Å²) in [5, 5.41) is 3.00. The van der Waals surface area contributed by atoms with Gasteiger partial charge in [0.15, 0.2) is 0 Å². The van der Waals surface area contributed by atoms with Gasteiger partial charge in [0.25, 0.3) is 0 Å². The van der Waals surface area contributed by atoms with Crippen LogP contribution in [-0.4, -0.2) is 34.0 Å². The van der Waals surface area contributed by atoms with Crippen molar-refractivity contribution in [2.24, 2.45) is 0 Å². The number of hydrogen-bond donors (Lipinski definition) is 1. The average Bonchev–Trinajstić information content (AvgIpc) is 2.66. The van der Waals surface area contributed by atoms with E-state index in [0.29, 0.717) is 18.7 Å². The maximum atomic E-state index is 13.1. The Morgan fingerprint density at radius 2 is 1.66 bits per heavy atom. The van der Waals surface area contributed by atoms with E-state index >= 15 is 0 Å². The molecule has 1 unspecified atom stereocenters. The normalized spacial score (nSPS) is 12.3. The molecule has 5 heteroatoms. The van der Waals surface area contributed by atoms with Gasteiger partial charge < -0.3 is 10.2 Å². The van der Waals surface area contributed by atoms with Crippen molar-refractivity contribution in [3.8, 4) is 0 Å². The fourth-order valence-electron chi connectivity index (χ4n) is 2.94. The Hall–Kier alpha value is -2.27. The number of hydrogen-bond acceptors (Lipinski definition) is 3. The number of nitrogens with one attached hydrogen (secondary N) is 1. The second-order valence-electron chi connectivity index (χ2n) is 8.27. The average molecular weight is 413 g/mol. The zero-order valence-corrected chi connectivity index (χ0v) is 18.9. The van der Waals surface area contributed by atoms with Crippen LogP contribution in [-0.2, 0) is 16.1 Å². The van der Waals surface area contributed by atoms with Crippen molar-refractivity contribution in [3.05, 3.63) is 65.7 Å². The van der Waals surface area contributed by atoms with E-state index < -0.39 is 6.04 Å². The maximum Gasteiger partial charge on any atom is 0.242 e. The van der Waals surface area contributed by atoms with Crippen LogP contribution in [0.5, 0.6) is 0 Å². The molecule has 1 N–H and O–H groups in total. The molecule has 0 fully saturated rings. The number of carbonyl (C=O) groups is 2. The number of thioether (sulfide) groups is 1. The highest BCUT2D eigenvalue weighted by Gasteiger charge is 2.28. The third-order valence-electron chi connectivity index (χ3n) is 4.60. The molecule has 156 valence electrons. The summed E-state index contributed by atoms with van der Waals surface area (Å²) >= 11 is 1.66. The second kappa shape index (κ2) is 10.5. The third kappa shape index (κ3) is 7.58. The molecule has 0 spiro atoms. The zero-order chi connectivity index (χ0) is 21.4. The van der Waals surface area contributed by atoms with Gasteiger partial charge in [0.1, 0.15) is 6.04 Å². The van der Waals surface area contributed by atoms with Crippen LogP contribution >= 0.6 is 11.8 Å². The standard InChI is InChI=1S/C24H32N2O2S/c1-18-11-9-10-12-20(18)17-26(19(2)23(28)25-24(3,4)5)22(27)15-16-29-21-13-7-6-8-14-21/h6-14,19H,15-17H2,1-5H3,(H,25,28). The quantitative estimate of drug-likeness (QED) is 0.633. The number of rotatable bonds is 8. The summed E-state index contributed by atoms with van der Waals surface area (Å²) in [6.07, 6.45) is 0.387. The van der Waals surface area contributed by atoms with E-state index in [2.05, 4.69) is 5.32 Å². The first-order chi connectivity index (χ1) is 13.7. The van der Waals surface area contributed by atoms with Crippen molar-refractivity contribution in [1.29, 1.82) is 0 Å². The van der Waals surface area contributed by atoms with Gasteiger partial charge in [-0.1, -0.05) is 42.5 Å². The topological polar surface area (TPSA) is 49.4 Å². The highest BCUT2D eigenvalue weighted by molar-refractivity contribution is 7.99. The maximum absolute atomic E-state index is 13.1. The van der Waals surface area contributed by atoms with Gasteiger partial charge in [-0.15, -0.1) is 11.8 Å². The van der Waals surface area contributed by atoms with E-state index in [1.165, 1.54) is 0 Å². The number of nitrogens with zero attached hydrogens (tertiary/aromatic N) is 1. The molecular formula is C24H32N2O2S. The molecule has 2 amide bonds. The fourth-order valence-corrected chi connectivity index (χ4v) is 3.81. The van der Waals surface area contributed by atoms with Gasteiger partial charge in [-0.3, -0.25) is 9.59 Å². The molecule has 1 atom stereocenters. The number of amides is 2. The Labute approximate surface area is 179 Å². The summed E-state index contributed by atoms with van der Waals surface area (Å²) in [6, 6.07) is 17.5. The molecule has 0 aromatic heterocycles. The summed E-state index contributed by atoms with van der Waals surface area (Å²) in [5.74, 6) is 0.546. The summed E-state index contributed by atoms with van der Waals surface area (Å²) < 4.78 is 0. The van der Waals surface area contributed by atoms with Crippen molar-refractivity contribution in [3.63, 3.8) is 0 Å². The molecule has 0 aliphatic rings. The molecule has 0 aliphatic heterocycles. The number of carbonyl (C=O) groups excluding carboxylic acids is 2. The second-order valence-corrected chi connectivity index (χ2v) is 9.44. The Morgan fingerprint density at radius 1 is 1.03 bits per heavy atom. The SMILES string of the molecule is Cc1ccccc1CN(C(=O)CCSc1ccccc1)C(C)C(=O)NC(C)(C)C. The monoisotopic (exact) mass is 412 g/mol. The minimum atomic E-state index is -0.539. The van der Waals surface area contributed by atoms with Crippen LogP contribution in [0.25, 0.3) is 0 Å². The predicted octanol–water partition coefficient (Wildman–Crippen LogP) is 4.81. The molecular weight excluding hydrogens is 380 g/mol. The summed E-state index contributed by atoms with van der Waals surface area (Å²) in [7, 11) is 0. The predicted molar refractivity (Wildman–Crippen MR) is 121 cm³/mol. The van der Waals surface area contributed by atoms with E-state index in [0.717, 1.165) is 16.0 Å². The van der Waals surface area contributed by atoms with Crippen LogP contribution in [0.15, 0.2) is 59.5 Å². The summed E-state index contributed by atoms with van der Waals surface area (Å²) in [5.41, 5.74) is 1.84. The fraction of sp³-hybridized carbons (Fsp3) is 0.417. The van der Waals surface area contributed by atoms with Crippen LogP contribution in [0, 0.1) is 6.92 Å². The van der Waals surface area contributed by atoms with E-state index in [-0.39, 0.29) is 17.4 Å². The molecule has 29 heavy (non-hydrogen) atoms. The van der Waals surface area contributed by atoms with Crippen LogP contribution in [0.4, 0.5) is 0 Å². The van der Waals surface area contributed by atoms with Gasteiger partial charge in [-0.2, -0.15) is 0 Å². The van der Waals surface area contributed by atoms with Crippen LogP contribution in [0.2, 0.25) is 0 Å². The lowest BCUT2D eigenvalue weighted by Crippen LogP contribution is -2.52. The molecule has 4 nitrogen and oxygen atoms in total. The van der Waals surface area contributed by atoms with Crippen molar-refractivity contribution in [2.45, 2.75) is 64.1 Å². The van der Waals surface area contributed by atoms with Crippen molar-refractivity contribution < 1.29 is 9.59 Å². The Bertz CT molecular complexity index is 815. The lowest BCUT2D eigenvalue weighted by molar-refractivity contribution is -0.140. The zero-order valence-electron chi connectivity index (χ0n) is 18.1. The molecule has 0 aliphatic carbocycles. The molecule has 2 aromatic carbocycles. The summed E-state index contributed by atoms with van der Waals surface area (Å²) in [4.78, 5) is 28.7. The molecule has 0 heterocycles. The van der Waals surface area contributed by atoms with Gasteiger partial charge in [0.05, 0.1) is 0 Å². The molecule has 0 saturated heterocycles. The highest BCUT2D eigenvalue weighted by Crippen LogP contribution is 2.20. The first-order valence-corrected chi connectivity index (χ1v) is 11.0. The first-order valence-electron chi connectivity index (χ1n) is 10.0. The van der Waals surface area contributed by atoms with E-state index in [1.54, 1.807) is 16.7 Å². The lowest BCUT2D eigenvalue weighted by Gasteiger charge is -2.32. The van der Waals surface area contributed by atoms with E-state index in [4.69, 9.17) is 0 Å². The molecule has 2 rings (SSSR count). The van der Waals surface area contributed by atoms with E-state index in [1.807, 2.05) is 89.2 Å². The highest BCUT2D eigenvalue weighted by atomic mass is 32.2. The molecule has 0 bridgehead atoms. The third-order valence-corrected chi connectivity index (χ3v) is 5.61. The Kier molecular flexibility index (Phi) is 8.32. The van der Waals surface area contributed by atoms with Gasteiger partial charge in [-0.25, -0.2) is 0 Å². The van der Waals surface area contributed by atoms with Gasteiger partial charge >= 0.3 is 0 Å². The van der Waals surface area contributed by atoms with Crippen molar-refractivity contribution in [2.75, 3.05) is 5.75 Å². The Morgan fingerprint density at radius 3 is 2.28 bits per heavy atom. The smallest absolute Gasteiger partial charge is 0.242 e. The molecule has 2 aromatic rings. The Balaban J connectivity index is 2.11. The molecule has 0 saturated carbocycles. The van der Waals surface area contributed by atoms with Gasteiger partial charge in [-0.05, 0) is 57.9 Å². The van der Waals surface area contributed by atoms with Crippen LogP contribution < -0.4 is 5.32 Å². The minimum absolute atomic E-state index is 0.00626. The largest absolute Gasteiger partial charge is 0.350 e. The number of aryl methyl sites for hydroxylation is 1. The van der Waals surface area contributed by atoms with E-state index in [9.17, 15) is 9.59 Å². The molecule has 0 radical (unpaired) electrons. The van der Waals surface area contributed by atoms with Crippen molar-refractivity contribution >= 4 is 23.6 Å². The van der Waals surface area contributed by atoms with Crippen LogP contribution in [0.1, 0.15) is 45.2 Å². The minimum Gasteiger partial charge on any atom is -0.350 e. The van der Waals surface area contributed by atoms with Gasteiger partial charge in [0, 0.05) is 29.2 Å².